The number of benzene rings is 11. The van der Waals surface area contributed by atoms with Gasteiger partial charge in [-0.05, 0) is 132 Å². The van der Waals surface area contributed by atoms with E-state index in [1.807, 2.05) is 6.07 Å². The fourth-order valence-electron chi connectivity index (χ4n) is 11.6. The first kappa shape index (κ1) is 44.0. The smallest absolute Gasteiger partial charge is 0.143 e. The maximum Gasteiger partial charge on any atom is 0.143 e. The lowest BCUT2D eigenvalue weighted by atomic mass is 9.67. The number of hydrogen-bond donors (Lipinski definition) is 0. The Morgan fingerprint density at radius 2 is 0.822 bits per heavy atom. The summed E-state index contributed by atoms with van der Waals surface area (Å²) in [7, 11) is 0. The summed E-state index contributed by atoms with van der Waals surface area (Å²) in [5, 5.41) is 2.24. The quantitative estimate of drug-likeness (QED) is 0.143. The van der Waals surface area contributed by atoms with Crippen molar-refractivity contribution >= 4 is 39.0 Å². The Morgan fingerprint density at radius 1 is 0.329 bits per heavy atom. The van der Waals surface area contributed by atoms with Crippen molar-refractivity contribution in [3.05, 3.63) is 295 Å². The third kappa shape index (κ3) is 7.49. The van der Waals surface area contributed by atoms with Crippen LogP contribution in [0.5, 0.6) is 0 Å². The predicted molar refractivity (Wildman–Crippen MR) is 306 cm³/mol. The highest BCUT2D eigenvalue weighted by Gasteiger charge is 2.46. The molecule has 0 radical (unpaired) electrons. The van der Waals surface area contributed by atoms with E-state index >= 15 is 0 Å². The maximum atomic E-state index is 6.69. The van der Waals surface area contributed by atoms with Gasteiger partial charge in [-0.15, -0.1) is 0 Å². The normalized spacial score (nSPS) is 12.7. The number of hydrogen-bond acceptors (Lipinski definition) is 2. The number of para-hydroxylation sites is 2. The second-order valence-corrected chi connectivity index (χ2v) is 20.4. The predicted octanol–water partition coefficient (Wildman–Crippen LogP) is 19.4. The summed E-state index contributed by atoms with van der Waals surface area (Å²) >= 11 is 0. The van der Waals surface area contributed by atoms with Gasteiger partial charge in [0, 0.05) is 33.4 Å². The van der Waals surface area contributed by atoms with Crippen LogP contribution in [-0.4, -0.2) is 0 Å². The number of anilines is 3. The second-order valence-electron chi connectivity index (χ2n) is 20.4. The lowest BCUT2D eigenvalue weighted by Crippen LogP contribution is -2.28. The van der Waals surface area contributed by atoms with E-state index in [9.17, 15) is 0 Å². The molecule has 348 valence electrons. The molecule has 0 unspecified atom stereocenters. The van der Waals surface area contributed by atoms with E-state index in [-0.39, 0.29) is 5.41 Å². The fraction of sp³-hybridized carbons (Fsp3) is 0.0704. The Hall–Kier alpha value is -8.98. The molecule has 2 heteroatoms. The molecule has 0 N–H and O–H groups in total. The Bertz CT molecular complexity index is 3920. The van der Waals surface area contributed by atoms with Crippen LogP contribution in [0.2, 0.25) is 0 Å². The van der Waals surface area contributed by atoms with E-state index in [2.05, 4.69) is 287 Å². The minimum atomic E-state index is -0.472. The number of rotatable bonds is 9. The molecule has 1 aromatic heterocycles. The molecular weight excluding hydrogens is 883 g/mol. The molecule has 0 saturated carbocycles. The highest BCUT2D eigenvalue weighted by molar-refractivity contribution is 6.11. The van der Waals surface area contributed by atoms with Gasteiger partial charge in [-0.1, -0.05) is 239 Å². The van der Waals surface area contributed by atoms with Crippen molar-refractivity contribution < 1.29 is 4.42 Å². The van der Waals surface area contributed by atoms with Crippen LogP contribution < -0.4 is 4.90 Å². The van der Waals surface area contributed by atoms with Gasteiger partial charge in [0.05, 0.1) is 5.41 Å². The van der Waals surface area contributed by atoms with Gasteiger partial charge < -0.3 is 9.32 Å². The molecule has 1 aliphatic rings. The zero-order valence-electron chi connectivity index (χ0n) is 41.3. The van der Waals surface area contributed by atoms with Gasteiger partial charge in [0.15, 0.2) is 0 Å². The van der Waals surface area contributed by atoms with Gasteiger partial charge in [0.2, 0.25) is 0 Å². The van der Waals surface area contributed by atoms with E-state index in [1.54, 1.807) is 0 Å². The summed E-state index contributed by atoms with van der Waals surface area (Å²) in [5.74, 6) is 0. The number of fused-ring (bicyclic) bond motifs is 6. The van der Waals surface area contributed by atoms with Crippen molar-refractivity contribution in [2.45, 2.75) is 31.6 Å². The summed E-state index contributed by atoms with van der Waals surface area (Å²) in [6.07, 6.45) is 0. The Kier molecular flexibility index (Phi) is 10.7. The second kappa shape index (κ2) is 17.7. The SMILES string of the molecule is CC(C)(C)c1ccc(-c2cc(N(c3ccc(-c4ccccc4)cc3)c3ccc(-c4ccc5c(c4)C(c4ccccc4)(c4ccccc4)c4ccccc4-5)cc3)ccc2-c2cccc3c2oc2ccccc23)cc1. The van der Waals surface area contributed by atoms with Crippen LogP contribution in [0.3, 0.4) is 0 Å². The third-order valence-corrected chi connectivity index (χ3v) is 15.2. The molecule has 12 aromatic rings. The number of furan rings is 1. The molecule has 0 bridgehead atoms. The standard InChI is InChI=1S/C71H53NO/c1-70(2,3)53-37-30-51(31-38-53)65-47-58(43-45-59(65)63-26-17-27-64-62-25-14-16-29-68(62)73-69(63)64)72(56-39-32-49(33-40-56)48-18-7-4-8-19-48)57-41-34-50(35-42-57)52-36-44-61-60-24-13-15-28-66(60)71(67(61)46-52,54-20-9-5-10-21-54)55-22-11-6-12-23-55/h4-47H,1-3H3. The van der Waals surface area contributed by atoms with E-state index in [1.165, 1.54) is 55.6 Å². The topological polar surface area (TPSA) is 16.4 Å². The van der Waals surface area contributed by atoms with Crippen molar-refractivity contribution in [2.24, 2.45) is 0 Å². The first-order chi connectivity index (χ1) is 35.8. The molecule has 0 saturated heterocycles. The van der Waals surface area contributed by atoms with Crippen molar-refractivity contribution in [1.82, 2.24) is 0 Å². The van der Waals surface area contributed by atoms with Gasteiger partial charge >= 0.3 is 0 Å². The van der Waals surface area contributed by atoms with Crippen LogP contribution in [0.4, 0.5) is 17.1 Å². The van der Waals surface area contributed by atoms with Crippen LogP contribution in [-0.2, 0) is 10.8 Å². The third-order valence-electron chi connectivity index (χ3n) is 15.2. The Labute approximate surface area is 428 Å². The van der Waals surface area contributed by atoms with Gasteiger partial charge in [0.1, 0.15) is 11.2 Å². The molecule has 73 heavy (non-hydrogen) atoms. The van der Waals surface area contributed by atoms with E-state index in [0.29, 0.717) is 0 Å². The summed E-state index contributed by atoms with van der Waals surface area (Å²) < 4.78 is 6.69. The van der Waals surface area contributed by atoms with Crippen LogP contribution in [0.25, 0.3) is 77.6 Å². The minimum absolute atomic E-state index is 0.0235. The number of nitrogens with zero attached hydrogens (tertiary/aromatic N) is 1. The molecular formula is C71H53NO. The van der Waals surface area contributed by atoms with Gasteiger partial charge in [-0.2, -0.15) is 0 Å². The van der Waals surface area contributed by atoms with E-state index in [4.69, 9.17) is 4.42 Å². The molecule has 0 fully saturated rings. The summed E-state index contributed by atoms with van der Waals surface area (Å²) in [4.78, 5) is 2.40. The average Bonchev–Trinajstić information content (AvgIpc) is 3.98. The highest BCUT2D eigenvalue weighted by atomic mass is 16.3. The fourth-order valence-corrected chi connectivity index (χ4v) is 11.6. The average molecular weight is 936 g/mol. The highest BCUT2D eigenvalue weighted by Crippen LogP contribution is 2.57. The molecule has 0 amide bonds. The van der Waals surface area contributed by atoms with Crippen LogP contribution >= 0.6 is 0 Å². The zero-order valence-corrected chi connectivity index (χ0v) is 41.3. The Morgan fingerprint density at radius 3 is 1.49 bits per heavy atom. The molecule has 0 aliphatic heterocycles. The lowest BCUT2D eigenvalue weighted by Gasteiger charge is -2.34. The monoisotopic (exact) mass is 935 g/mol. The Balaban J connectivity index is 0.964. The summed E-state index contributed by atoms with van der Waals surface area (Å²) in [6, 6.07) is 97.8. The van der Waals surface area contributed by atoms with E-state index in [0.717, 1.165) is 66.8 Å². The van der Waals surface area contributed by atoms with Gasteiger partial charge in [-0.25, -0.2) is 0 Å². The van der Waals surface area contributed by atoms with Crippen molar-refractivity contribution in [2.75, 3.05) is 4.90 Å². The van der Waals surface area contributed by atoms with E-state index < -0.39 is 5.41 Å². The molecule has 1 aliphatic carbocycles. The summed E-state index contributed by atoms with van der Waals surface area (Å²) in [6.45, 7) is 6.82. The minimum Gasteiger partial charge on any atom is -0.455 e. The van der Waals surface area contributed by atoms with Crippen molar-refractivity contribution in [3.63, 3.8) is 0 Å². The summed E-state index contributed by atoms with van der Waals surface area (Å²) in [5.41, 5.74) is 22.7. The zero-order chi connectivity index (χ0) is 49.1. The van der Waals surface area contributed by atoms with Crippen molar-refractivity contribution in [1.29, 1.82) is 0 Å². The van der Waals surface area contributed by atoms with Crippen LogP contribution in [0.15, 0.2) is 271 Å². The maximum absolute atomic E-state index is 6.69. The lowest BCUT2D eigenvalue weighted by molar-refractivity contribution is 0.590. The van der Waals surface area contributed by atoms with Gasteiger partial charge in [0.25, 0.3) is 0 Å². The first-order valence-corrected chi connectivity index (χ1v) is 25.4. The molecule has 0 spiro atoms. The largest absolute Gasteiger partial charge is 0.455 e. The van der Waals surface area contributed by atoms with Crippen LogP contribution in [0, 0.1) is 0 Å². The molecule has 13 rings (SSSR count). The first-order valence-electron chi connectivity index (χ1n) is 25.4. The molecule has 0 atom stereocenters. The molecule has 2 nitrogen and oxygen atoms in total. The molecule has 1 heterocycles. The molecule has 11 aromatic carbocycles. The van der Waals surface area contributed by atoms with Crippen molar-refractivity contribution in [3.8, 4) is 55.6 Å². The van der Waals surface area contributed by atoms with Gasteiger partial charge in [-0.3, -0.25) is 0 Å². The van der Waals surface area contributed by atoms with Crippen LogP contribution in [0.1, 0.15) is 48.6 Å².